The molecule has 0 saturated heterocycles. The van der Waals surface area contributed by atoms with E-state index in [4.69, 9.17) is 14.2 Å². The van der Waals surface area contributed by atoms with Gasteiger partial charge in [-0.3, -0.25) is 0 Å². The van der Waals surface area contributed by atoms with Crippen LogP contribution in [0, 0.1) is 0 Å². The van der Waals surface area contributed by atoms with Crippen LogP contribution in [0.5, 0.6) is 0 Å². The molecule has 132 valence electrons. The van der Waals surface area contributed by atoms with Crippen molar-refractivity contribution in [1.29, 1.82) is 0 Å². The fraction of sp³-hybridized carbons (Fsp3) is 1.00. The van der Waals surface area contributed by atoms with Crippen molar-refractivity contribution >= 4 is 0 Å². The molecule has 21 heavy (non-hydrogen) atoms. The van der Waals surface area contributed by atoms with Gasteiger partial charge in [-0.25, -0.2) is 0 Å². The smallest absolute Gasteiger partial charge is 0.0518 e. The van der Waals surface area contributed by atoms with E-state index in [1.165, 1.54) is 25.7 Å². The highest BCUT2D eigenvalue weighted by molar-refractivity contribution is 4.34. The summed E-state index contributed by atoms with van der Waals surface area (Å²) < 4.78 is 15.3. The van der Waals surface area contributed by atoms with Crippen molar-refractivity contribution < 1.29 is 14.2 Å². The van der Waals surface area contributed by atoms with Gasteiger partial charge in [-0.2, -0.15) is 0 Å². The molecule has 0 radical (unpaired) electrons. The maximum absolute atomic E-state index is 5.31. The normalized spacial score (nSPS) is 9.71. The second-order valence-electron chi connectivity index (χ2n) is 5.02. The number of rotatable bonds is 11. The van der Waals surface area contributed by atoms with E-state index in [9.17, 15) is 0 Å². The van der Waals surface area contributed by atoms with Gasteiger partial charge in [0, 0.05) is 33.0 Å². The molecule has 0 amide bonds. The maximum atomic E-state index is 5.31. The highest BCUT2D eigenvalue weighted by Gasteiger charge is 1.87. The van der Waals surface area contributed by atoms with Crippen LogP contribution < -0.4 is 0 Å². The quantitative estimate of drug-likeness (QED) is 0.474. The molecule has 0 aliphatic heterocycles. The molecule has 0 rings (SSSR count). The summed E-state index contributed by atoms with van der Waals surface area (Å²) in [6, 6.07) is 0. The summed E-state index contributed by atoms with van der Waals surface area (Å²) in [5, 5.41) is 0. The van der Waals surface area contributed by atoms with Gasteiger partial charge in [0.05, 0.1) is 6.10 Å². The summed E-state index contributed by atoms with van der Waals surface area (Å²) in [5.74, 6) is 0. The maximum Gasteiger partial charge on any atom is 0.0518 e. The zero-order chi connectivity index (χ0) is 16.8. The minimum absolute atomic E-state index is 0.403. The van der Waals surface area contributed by atoms with Crippen LogP contribution in [-0.4, -0.2) is 39.1 Å². The molecule has 0 aromatic rings. The lowest BCUT2D eigenvalue weighted by atomic mass is 10.3. The molecule has 0 aromatic carbocycles. The first-order valence-corrected chi connectivity index (χ1v) is 8.87. The molecule has 0 spiro atoms. The molecule has 0 bridgehead atoms. The van der Waals surface area contributed by atoms with Crippen LogP contribution in [0.15, 0.2) is 0 Å². The van der Waals surface area contributed by atoms with Crippen LogP contribution in [0.4, 0.5) is 0 Å². The standard InChI is InChI=1S/C8H18O.C6H14O.C4H10O/c1-3-5-7-9-8-6-4-2;1-4-5-7-6(2)3;1-3-5-4-2/h3-8H2,1-2H3;6H,4-5H2,1-3H3;3-4H2,1-2H3. The fourth-order valence-electron chi connectivity index (χ4n) is 1.15. The van der Waals surface area contributed by atoms with Gasteiger partial charge in [0.15, 0.2) is 0 Å². The van der Waals surface area contributed by atoms with Crippen molar-refractivity contribution in [1.82, 2.24) is 0 Å². The second-order valence-corrected chi connectivity index (χ2v) is 5.02. The molecule has 0 heterocycles. The van der Waals surface area contributed by atoms with Crippen LogP contribution in [0.1, 0.15) is 80.6 Å². The summed E-state index contributed by atoms with van der Waals surface area (Å²) in [4.78, 5) is 0. The summed E-state index contributed by atoms with van der Waals surface area (Å²) in [6.07, 6.45) is 6.43. The Labute approximate surface area is 134 Å². The first-order valence-electron chi connectivity index (χ1n) is 8.87. The van der Waals surface area contributed by atoms with Crippen molar-refractivity contribution in [3.63, 3.8) is 0 Å². The second kappa shape index (κ2) is 28.1. The van der Waals surface area contributed by atoms with Gasteiger partial charge in [0.2, 0.25) is 0 Å². The molecule has 3 heteroatoms. The van der Waals surface area contributed by atoms with Gasteiger partial charge in [-0.05, 0) is 47.0 Å². The Morgan fingerprint density at radius 3 is 1.29 bits per heavy atom. The Kier molecular flexibility index (Phi) is 34.5. The van der Waals surface area contributed by atoms with Crippen molar-refractivity contribution in [2.75, 3.05) is 33.0 Å². The molecule has 0 fully saturated rings. The van der Waals surface area contributed by atoms with E-state index in [1.54, 1.807) is 0 Å². The van der Waals surface area contributed by atoms with Gasteiger partial charge < -0.3 is 14.2 Å². The fourth-order valence-corrected chi connectivity index (χ4v) is 1.15. The van der Waals surface area contributed by atoms with E-state index >= 15 is 0 Å². The van der Waals surface area contributed by atoms with E-state index < -0.39 is 0 Å². The van der Waals surface area contributed by atoms with Gasteiger partial charge in [0.25, 0.3) is 0 Å². The lowest BCUT2D eigenvalue weighted by molar-refractivity contribution is 0.0794. The Bertz CT molecular complexity index is 130. The van der Waals surface area contributed by atoms with Crippen LogP contribution in [0.25, 0.3) is 0 Å². The molecule has 0 N–H and O–H groups in total. The largest absolute Gasteiger partial charge is 0.382 e. The van der Waals surface area contributed by atoms with Crippen LogP contribution in [-0.2, 0) is 14.2 Å². The van der Waals surface area contributed by atoms with Crippen LogP contribution in [0.3, 0.4) is 0 Å². The Hall–Kier alpha value is -0.120. The summed E-state index contributed by atoms with van der Waals surface area (Å²) in [6.45, 7) is 19.1. The third-order valence-electron chi connectivity index (χ3n) is 2.35. The van der Waals surface area contributed by atoms with E-state index in [0.29, 0.717) is 6.10 Å². The number of unbranched alkanes of at least 4 members (excludes halogenated alkanes) is 2. The minimum atomic E-state index is 0.403. The number of ether oxygens (including phenoxy) is 3. The van der Waals surface area contributed by atoms with Crippen molar-refractivity contribution in [2.45, 2.75) is 86.7 Å². The van der Waals surface area contributed by atoms with Gasteiger partial charge in [-0.15, -0.1) is 0 Å². The predicted molar refractivity (Wildman–Crippen MR) is 94.2 cm³/mol. The van der Waals surface area contributed by atoms with Crippen LogP contribution in [0.2, 0.25) is 0 Å². The zero-order valence-corrected chi connectivity index (χ0v) is 15.9. The monoisotopic (exact) mass is 306 g/mol. The Balaban J connectivity index is -0.000000242. The van der Waals surface area contributed by atoms with Crippen molar-refractivity contribution in [2.24, 2.45) is 0 Å². The highest BCUT2D eigenvalue weighted by atomic mass is 16.5. The van der Waals surface area contributed by atoms with Gasteiger partial charge in [0.1, 0.15) is 0 Å². The lowest BCUT2D eigenvalue weighted by Crippen LogP contribution is -2.01. The molecular weight excluding hydrogens is 264 g/mol. The number of hydrogen-bond donors (Lipinski definition) is 0. The average molecular weight is 307 g/mol. The van der Waals surface area contributed by atoms with E-state index in [2.05, 4.69) is 34.6 Å². The summed E-state index contributed by atoms with van der Waals surface area (Å²) >= 11 is 0. The highest BCUT2D eigenvalue weighted by Crippen LogP contribution is 1.91. The molecule has 0 aliphatic rings. The molecule has 0 aromatic heterocycles. The third kappa shape index (κ3) is 45.0. The SMILES string of the molecule is CCCCOCCCC.CCCOC(C)C.CCOCC. The number of hydrogen-bond acceptors (Lipinski definition) is 3. The molecular formula is C18H42O3. The van der Waals surface area contributed by atoms with Crippen LogP contribution >= 0.6 is 0 Å². The topological polar surface area (TPSA) is 27.7 Å². The van der Waals surface area contributed by atoms with E-state index in [0.717, 1.165) is 39.5 Å². The predicted octanol–water partition coefficient (Wildman–Crippen LogP) is 5.47. The molecule has 0 atom stereocenters. The lowest BCUT2D eigenvalue weighted by Gasteiger charge is -2.03. The zero-order valence-electron chi connectivity index (χ0n) is 15.9. The Morgan fingerprint density at radius 2 is 1.10 bits per heavy atom. The molecule has 0 aliphatic carbocycles. The summed E-state index contributed by atoms with van der Waals surface area (Å²) in [7, 11) is 0. The van der Waals surface area contributed by atoms with Gasteiger partial charge in [-0.1, -0.05) is 33.6 Å². The molecule has 3 nitrogen and oxygen atoms in total. The van der Waals surface area contributed by atoms with Gasteiger partial charge >= 0.3 is 0 Å². The van der Waals surface area contributed by atoms with E-state index in [-0.39, 0.29) is 0 Å². The average Bonchev–Trinajstić information content (AvgIpc) is 2.47. The van der Waals surface area contributed by atoms with E-state index in [1.807, 2.05) is 13.8 Å². The first-order chi connectivity index (χ1) is 10.1. The minimum Gasteiger partial charge on any atom is -0.382 e. The van der Waals surface area contributed by atoms with Crippen molar-refractivity contribution in [3.05, 3.63) is 0 Å². The molecule has 0 saturated carbocycles. The molecule has 0 unspecified atom stereocenters. The first kappa shape index (κ1) is 25.8. The third-order valence-corrected chi connectivity index (χ3v) is 2.35. The summed E-state index contributed by atoms with van der Waals surface area (Å²) in [5.41, 5.74) is 0. The van der Waals surface area contributed by atoms with Crippen molar-refractivity contribution in [3.8, 4) is 0 Å². The Morgan fingerprint density at radius 1 is 0.619 bits per heavy atom.